The van der Waals surface area contributed by atoms with Crippen LogP contribution in [0, 0.1) is 6.92 Å². The molecule has 0 amide bonds. The van der Waals surface area contributed by atoms with Gasteiger partial charge in [0.2, 0.25) is 5.95 Å². The van der Waals surface area contributed by atoms with Gasteiger partial charge in [-0.05, 0) is 81.7 Å². The summed E-state index contributed by atoms with van der Waals surface area (Å²) >= 11 is 6.64. The molecule has 0 spiro atoms. The Hall–Kier alpha value is -3.56. The second-order valence-corrected chi connectivity index (χ2v) is 15.5. The van der Waals surface area contributed by atoms with E-state index in [1.807, 2.05) is 13.0 Å². The van der Waals surface area contributed by atoms with Crippen LogP contribution in [0.15, 0.2) is 48.8 Å². The first kappa shape index (κ1) is 34.3. The average Bonchev–Trinajstić information content (AvgIpc) is 3.10. The van der Waals surface area contributed by atoms with Crippen LogP contribution in [0.25, 0.3) is 11.3 Å². The van der Waals surface area contributed by atoms with Crippen molar-refractivity contribution in [1.29, 1.82) is 0 Å². The van der Waals surface area contributed by atoms with Gasteiger partial charge >= 0.3 is 0 Å². The van der Waals surface area contributed by atoms with Gasteiger partial charge in [0.15, 0.2) is 5.82 Å². The van der Waals surface area contributed by atoms with E-state index in [-0.39, 0.29) is 0 Å². The maximum absolute atomic E-state index is 6.64. The van der Waals surface area contributed by atoms with E-state index in [0.29, 0.717) is 22.8 Å². The second kappa shape index (κ2) is 15.3. The lowest BCUT2D eigenvalue weighted by molar-refractivity contribution is 0.0982. The van der Waals surface area contributed by atoms with Gasteiger partial charge < -0.3 is 25.2 Å². The molecule has 12 heteroatoms. The minimum atomic E-state index is -0.446. The van der Waals surface area contributed by atoms with Crippen molar-refractivity contribution in [3.05, 3.63) is 65.2 Å². The Labute approximate surface area is 291 Å². The monoisotopic (exact) mass is 687 g/mol. The maximum Gasteiger partial charge on any atom is 0.229 e. The topological polar surface area (TPSA) is 94.6 Å². The molecule has 0 aliphatic carbocycles. The fourth-order valence-electron chi connectivity index (χ4n) is 6.66. The number of halogens is 1. The molecule has 0 radical (unpaired) electrons. The SMILES string of the molecule is CCc1cc(Nc2ncc(Cl)c(Nc3ccc(-c4ccnc(C)n4)cc3P(C)C)n2)c(OC)cc1N1CCC(N2CCN(C)CC2)CC1. The van der Waals surface area contributed by atoms with E-state index in [1.54, 1.807) is 19.5 Å². The minimum Gasteiger partial charge on any atom is -0.494 e. The van der Waals surface area contributed by atoms with Crippen molar-refractivity contribution in [3.8, 4) is 17.0 Å². The van der Waals surface area contributed by atoms with Gasteiger partial charge in [0.25, 0.3) is 0 Å². The minimum absolute atomic E-state index is 0.438. The third-order valence-corrected chi connectivity index (χ3v) is 11.0. The summed E-state index contributed by atoms with van der Waals surface area (Å²) in [6.45, 7) is 15.4. The summed E-state index contributed by atoms with van der Waals surface area (Å²) < 4.78 is 5.92. The van der Waals surface area contributed by atoms with Crippen LogP contribution in [0.2, 0.25) is 5.02 Å². The number of likely N-dealkylation sites (N-methyl/N-ethyl adjacent to an activating group) is 1. The molecule has 0 saturated carbocycles. The Balaban J connectivity index is 1.19. The first-order valence-electron chi connectivity index (χ1n) is 16.8. The number of piperazine rings is 1. The van der Waals surface area contributed by atoms with Crippen molar-refractivity contribution in [2.45, 2.75) is 39.2 Å². The first-order valence-corrected chi connectivity index (χ1v) is 19.4. The van der Waals surface area contributed by atoms with Crippen molar-refractivity contribution >= 4 is 53.7 Å². The highest BCUT2D eigenvalue weighted by Gasteiger charge is 2.28. The molecule has 2 aromatic heterocycles. The van der Waals surface area contributed by atoms with Crippen molar-refractivity contribution in [2.24, 2.45) is 0 Å². The van der Waals surface area contributed by atoms with Gasteiger partial charge in [0, 0.05) is 74.5 Å². The van der Waals surface area contributed by atoms with Crippen molar-refractivity contribution in [1.82, 2.24) is 29.7 Å². The molecule has 254 valence electrons. The fourth-order valence-corrected chi connectivity index (χ4v) is 7.81. The molecule has 4 heterocycles. The molecular weight excluding hydrogens is 641 g/mol. The molecule has 0 atom stereocenters. The van der Waals surface area contributed by atoms with E-state index in [1.165, 1.54) is 42.5 Å². The Morgan fingerprint density at radius 2 is 1.71 bits per heavy atom. The molecule has 48 heavy (non-hydrogen) atoms. The highest BCUT2D eigenvalue weighted by molar-refractivity contribution is 7.64. The molecule has 2 N–H and O–H groups in total. The molecule has 2 aromatic carbocycles. The van der Waals surface area contributed by atoms with E-state index in [9.17, 15) is 0 Å². The highest BCUT2D eigenvalue weighted by atomic mass is 35.5. The van der Waals surface area contributed by atoms with E-state index in [2.05, 4.69) is 97.9 Å². The van der Waals surface area contributed by atoms with Crippen LogP contribution >= 0.6 is 19.5 Å². The number of hydrogen-bond acceptors (Lipinski definition) is 10. The lowest BCUT2D eigenvalue weighted by Gasteiger charge is -2.43. The predicted octanol–water partition coefficient (Wildman–Crippen LogP) is 6.54. The van der Waals surface area contributed by atoms with Crippen LogP contribution in [0.1, 0.15) is 31.2 Å². The van der Waals surface area contributed by atoms with Gasteiger partial charge in [-0.2, -0.15) is 4.98 Å². The lowest BCUT2D eigenvalue weighted by Crippen LogP contribution is -2.52. The summed E-state index contributed by atoms with van der Waals surface area (Å²) in [7, 11) is 3.49. The number of piperidine rings is 1. The van der Waals surface area contributed by atoms with E-state index in [4.69, 9.17) is 21.3 Å². The maximum atomic E-state index is 6.64. The Kier molecular flexibility index (Phi) is 11.0. The predicted molar refractivity (Wildman–Crippen MR) is 201 cm³/mol. The summed E-state index contributed by atoms with van der Waals surface area (Å²) in [6, 6.07) is 13.3. The summed E-state index contributed by atoms with van der Waals surface area (Å²) in [5.41, 5.74) is 6.26. The molecule has 4 aromatic rings. The summed E-state index contributed by atoms with van der Waals surface area (Å²) in [4.78, 5) is 25.8. The molecule has 2 aliphatic heterocycles. The van der Waals surface area contributed by atoms with E-state index in [0.717, 1.165) is 66.8 Å². The zero-order chi connectivity index (χ0) is 33.8. The zero-order valence-electron chi connectivity index (χ0n) is 28.9. The normalized spacial score (nSPS) is 16.4. The number of aryl methyl sites for hydroxylation is 2. The van der Waals surface area contributed by atoms with Crippen LogP contribution in [-0.4, -0.2) is 103 Å². The smallest absolute Gasteiger partial charge is 0.229 e. The highest BCUT2D eigenvalue weighted by Crippen LogP contribution is 2.38. The molecule has 2 aliphatic rings. The van der Waals surface area contributed by atoms with Crippen LogP contribution < -0.4 is 25.6 Å². The number of rotatable bonds is 10. The van der Waals surface area contributed by atoms with Crippen molar-refractivity contribution < 1.29 is 4.74 Å². The van der Waals surface area contributed by atoms with E-state index >= 15 is 0 Å². The van der Waals surface area contributed by atoms with Crippen molar-refractivity contribution in [2.75, 3.05) is 82.3 Å². The fraction of sp³-hybridized carbons (Fsp3) is 0.444. The summed E-state index contributed by atoms with van der Waals surface area (Å²) in [6.07, 6.45) is 6.71. The number of anilines is 5. The van der Waals surface area contributed by atoms with Gasteiger partial charge in [-0.25, -0.2) is 15.0 Å². The molecule has 2 fully saturated rings. The third-order valence-electron chi connectivity index (χ3n) is 9.44. The number of hydrogen-bond donors (Lipinski definition) is 2. The number of methoxy groups -OCH3 is 1. The molecule has 2 saturated heterocycles. The second-order valence-electron chi connectivity index (χ2n) is 12.8. The van der Waals surface area contributed by atoms with Gasteiger partial charge in [-0.3, -0.25) is 4.90 Å². The van der Waals surface area contributed by atoms with Crippen LogP contribution in [-0.2, 0) is 6.42 Å². The number of ether oxygens (including phenoxy) is 1. The molecule has 10 nitrogen and oxygen atoms in total. The van der Waals surface area contributed by atoms with Crippen LogP contribution in [0.3, 0.4) is 0 Å². The molecular formula is C36H47ClN9OP. The Bertz CT molecular complexity index is 1720. The van der Waals surface area contributed by atoms with E-state index < -0.39 is 7.92 Å². The van der Waals surface area contributed by atoms with Gasteiger partial charge in [-0.1, -0.05) is 32.5 Å². The van der Waals surface area contributed by atoms with Gasteiger partial charge in [0.1, 0.15) is 16.6 Å². The molecule has 6 rings (SSSR count). The summed E-state index contributed by atoms with van der Waals surface area (Å²) in [5.74, 6) is 2.48. The lowest BCUT2D eigenvalue weighted by atomic mass is 9.99. The number of aromatic nitrogens is 4. The quantitative estimate of drug-likeness (QED) is 0.179. The standard InChI is InChI=1S/C36H47ClN9OP/c1-7-25-20-31(33(47-4)22-32(25)46-14-11-27(12-15-46)45-18-16-44(3)17-19-45)42-36-39-23-28(37)35(43-36)41-30-9-8-26(21-34(30)48(5)6)29-10-13-38-24(2)40-29/h8-10,13,20-23,27H,7,11-12,14-19H2,1-6H3,(H2,39,41,42,43). The molecule has 0 bridgehead atoms. The van der Waals surface area contributed by atoms with Gasteiger partial charge in [0.05, 0.1) is 24.7 Å². The number of nitrogens with one attached hydrogen (secondary N) is 2. The largest absolute Gasteiger partial charge is 0.494 e. The molecule has 0 unspecified atom stereocenters. The average molecular weight is 688 g/mol. The van der Waals surface area contributed by atoms with Crippen molar-refractivity contribution in [3.63, 3.8) is 0 Å². The van der Waals surface area contributed by atoms with Crippen LogP contribution in [0.4, 0.5) is 28.8 Å². The third kappa shape index (κ3) is 7.84. The Morgan fingerprint density at radius 1 is 0.938 bits per heavy atom. The first-order chi connectivity index (χ1) is 23.2. The van der Waals surface area contributed by atoms with Gasteiger partial charge in [-0.15, -0.1) is 0 Å². The zero-order valence-corrected chi connectivity index (χ0v) is 30.6. The number of benzene rings is 2. The number of nitrogens with zero attached hydrogens (tertiary/aromatic N) is 7. The van der Waals surface area contributed by atoms with Crippen LogP contribution in [0.5, 0.6) is 5.75 Å². The Morgan fingerprint density at radius 3 is 2.40 bits per heavy atom. The summed E-state index contributed by atoms with van der Waals surface area (Å²) in [5, 5.41) is 8.55.